The first-order valence-corrected chi connectivity index (χ1v) is 8.42. The SMILES string of the molecule is CCCCCCCCC1N(CCC)C=CN1C(C)C. The van der Waals surface area contributed by atoms with E-state index in [2.05, 4.69) is 49.9 Å². The molecule has 0 fully saturated rings. The minimum atomic E-state index is 0.614. The van der Waals surface area contributed by atoms with E-state index in [9.17, 15) is 0 Å². The Labute approximate surface area is 120 Å². The quantitative estimate of drug-likeness (QED) is 0.515. The minimum Gasteiger partial charge on any atom is -0.356 e. The van der Waals surface area contributed by atoms with E-state index in [1.54, 1.807) is 0 Å². The highest BCUT2D eigenvalue weighted by Gasteiger charge is 2.26. The Balaban J connectivity index is 2.30. The first-order valence-electron chi connectivity index (χ1n) is 8.42. The Morgan fingerprint density at radius 2 is 1.58 bits per heavy atom. The van der Waals surface area contributed by atoms with Gasteiger partial charge < -0.3 is 9.80 Å². The average molecular weight is 266 g/mol. The van der Waals surface area contributed by atoms with E-state index in [0.717, 1.165) is 0 Å². The van der Waals surface area contributed by atoms with Crippen LogP contribution in [0.5, 0.6) is 0 Å². The highest BCUT2D eigenvalue weighted by Crippen LogP contribution is 2.24. The van der Waals surface area contributed by atoms with E-state index < -0.39 is 0 Å². The molecule has 0 N–H and O–H groups in total. The van der Waals surface area contributed by atoms with Crippen molar-refractivity contribution >= 4 is 0 Å². The molecule has 2 nitrogen and oxygen atoms in total. The molecule has 19 heavy (non-hydrogen) atoms. The molecule has 0 bridgehead atoms. The van der Waals surface area contributed by atoms with Crippen LogP contribution in [-0.2, 0) is 0 Å². The van der Waals surface area contributed by atoms with Crippen LogP contribution in [0.2, 0.25) is 0 Å². The lowest BCUT2D eigenvalue weighted by molar-refractivity contribution is 0.115. The molecule has 0 aromatic carbocycles. The maximum absolute atomic E-state index is 2.53. The van der Waals surface area contributed by atoms with E-state index in [1.807, 2.05) is 0 Å². The van der Waals surface area contributed by atoms with E-state index in [4.69, 9.17) is 0 Å². The molecule has 1 aliphatic rings. The summed E-state index contributed by atoms with van der Waals surface area (Å²) in [4.78, 5) is 5.06. The maximum Gasteiger partial charge on any atom is 0.101 e. The van der Waals surface area contributed by atoms with Gasteiger partial charge >= 0.3 is 0 Å². The van der Waals surface area contributed by atoms with Crippen molar-refractivity contribution in [3.05, 3.63) is 12.4 Å². The Bertz CT molecular complexity index is 248. The maximum atomic E-state index is 2.53. The number of hydrogen-bond donors (Lipinski definition) is 0. The minimum absolute atomic E-state index is 0.614. The van der Waals surface area contributed by atoms with Crippen LogP contribution >= 0.6 is 0 Å². The molecule has 112 valence electrons. The van der Waals surface area contributed by atoms with Gasteiger partial charge in [0, 0.05) is 25.0 Å². The van der Waals surface area contributed by atoms with Crippen molar-refractivity contribution in [3.63, 3.8) is 0 Å². The summed E-state index contributed by atoms with van der Waals surface area (Å²) in [6.45, 7) is 10.4. The van der Waals surface area contributed by atoms with E-state index in [1.165, 1.54) is 57.9 Å². The zero-order chi connectivity index (χ0) is 14.1. The first-order chi connectivity index (χ1) is 9.20. The van der Waals surface area contributed by atoms with Gasteiger partial charge in [-0.25, -0.2) is 0 Å². The smallest absolute Gasteiger partial charge is 0.101 e. The molecule has 1 heterocycles. The van der Waals surface area contributed by atoms with Gasteiger partial charge in [-0.1, -0.05) is 46.0 Å². The van der Waals surface area contributed by atoms with Gasteiger partial charge in [0.15, 0.2) is 0 Å². The lowest BCUT2D eigenvalue weighted by Gasteiger charge is -2.35. The van der Waals surface area contributed by atoms with Gasteiger partial charge in [-0.15, -0.1) is 0 Å². The monoisotopic (exact) mass is 266 g/mol. The molecule has 0 amide bonds. The van der Waals surface area contributed by atoms with Crippen LogP contribution in [0.1, 0.15) is 79.1 Å². The van der Waals surface area contributed by atoms with Crippen molar-refractivity contribution in [2.45, 2.75) is 91.3 Å². The molecule has 0 aliphatic carbocycles. The predicted molar refractivity (Wildman–Crippen MR) is 84.9 cm³/mol. The van der Waals surface area contributed by atoms with Crippen molar-refractivity contribution in [3.8, 4) is 0 Å². The van der Waals surface area contributed by atoms with Crippen LogP contribution in [0, 0.1) is 0 Å². The molecule has 0 saturated heterocycles. The fourth-order valence-corrected chi connectivity index (χ4v) is 2.95. The second-order valence-electron chi connectivity index (χ2n) is 6.11. The average Bonchev–Trinajstić information content (AvgIpc) is 2.77. The zero-order valence-electron chi connectivity index (χ0n) is 13.6. The fourth-order valence-electron chi connectivity index (χ4n) is 2.95. The van der Waals surface area contributed by atoms with Crippen LogP contribution < -0.4 is 0 Å². The normalized spacial score (nSPS) is 18.9. The summed E-state index contributed by atoms with van der Waals surface area (Å²) in [6.07, 6.45) is 16.1. The Hall–Kier alpha value is -0.660. The molecule has 0 aromatic heterocycles. The molecular formula is C17H34N2. The molecule has 0 aromatic rings. The molecular weight excluding hydrogens is 232 g/mol. The van der Waals surface area contributed by atoms with Gasteiger partial charge in [0.1, 0.15) is 6.17 Å². The third-order valence-electron chi connectivity index (χ3n) is 4.05. The highest BCUT2D eigenvalue weighted by molar-refractivity contribution is 4.98. The number of rotatable bonds is 10. The Kier molecular flexibility index (Phi) is 8.00. The number of hydrogen-bond acceptors (Lipinski definition) is 2. The van der Waals surface area contributed by atoms with Gasteiger partial charge in [0.2, 0.25) is 0 Å². The van der Waals surface area contributed by atoms with Crippen LogP contribution in [-0.4, -0.2) is 28.6 Å². The van der Waals surface area contributed by atoms with E-state index >= 15 is 0 Å². The number of unbranched alkanes of at least 4 members (excludes halogenated alkanes) is 5. The molecule has 1 aliphatic heterocycles. The molecule has 2 heteroatoms. The van der Waals surface area contributed by atoms with Gasteiger partial charge in [-0.05, 0) is 33.1 Å². The molecule has 0 saturated carbocycles. The molecule has 1 unspecified atom stereocenters. The van der Waals surface area contributed by atoms with Crippen molar-refractivity contribution in [2.24, 2.45) is 0 Å². The molecule has 0 radical (unpaired) electrons. The zero-order valence-corrected chi connectivity index (χ0v) is 13.6. The standard InChI is InChI=1S/C17H34N2/c1-5-7-8-9-10-11-12-17-18(13-6-2)14-15-19(17)16(3)4/h14-17H,5-13H2,1-4H3. The van der Waals surface area contributed by atoms with E-state index in [-0.39, 0.29) is 0 Å². The summed E-state index contributed by atoms with van der Waals surface area (Å²) in [5, 5.41) is 0. The molecule has 1 rings (SSSR count). The largest absolute Gasteiger partial charge is 0.356 e. The summed E-state index contributed by atoms with van der Waals surface area (Å²) in [7, 11) is 0. The van der Waals surface area contributed by atoms with Crippen molar-refractivity contribution in [1.82, 2.24) is 9.80 Å². The summed E-state index contributed by atoms with van der Waals surface area (Å²) in [5.74, 6) is 0. The first kappa shape index (κ1) is 16.4. The van der Waals surface area contributed by atoms with Gasteiger partial charge in [0.05, 0.1) is 0 Å². The summed E-state index contributed by atoms with van der Waals surface area (Å²) < 4.78 is 0. The van der Waals surface area contributed by atoms with Crippen LogP contribution in [0.3, 0.4) is 0 Å². The van der Waals surface area contributed by atoms with Crippen molar-refractivity contribution in [2.75, 3.05) is 6.54 Å². The molecule has 0 spiro atoms. The van der Waals surface area contributed by atoms with E-state index in [0.29, 0.717) is 12.2 Å². The number of nitrogens with zero attached hydrogens (tertiary/aromatic N) is 2. The van der Waals surface area contributed by atoms with Crippen LogP contribution in [0.4, 0.5) is 0 Å². The second kappa shape index (κ2) is 9.28. The fraction of sp³-hybridized carbons (Fsp3) is 0.882. The second-order valence-corrected chi connectivity index (χ2v) is 6.11. The molecule has 1 atom stereocenters. The van der Waals surface area contributed by atoms with Crippen LogP contribution in [0.25, 0.3) is 0 Å². The van der Waals surface area contributed by atoms with Gasteiger partial charge in [-0.3, -0.25) is 0 Å². The lowest BCUT2D eigenvalue weighted by atomic mass is 10.1. The van der Waals surface area contributed by atoms with Crippen LogP contribution in [0.15, 0.2) is 12.4 Å². The van der Waals surface area contributed by atoms with Gasteiger partial charge in [-0.2, -0.15) is 0 Å². The van der Waals surface area contributed by atoms with Crippen molar-refractivity contribution in [1.29, 1.82) is 0 Å². The third kappa shape index (κ3) is 5.46. The summed E-state index contributed by atoms with van der Waals surface area (Å²) in [5.41, 5.74) is 0. The summed E-state index contributed by atoms with van der Waals surface area (Å²) in [6, 6.07) is 0.614. The highest BCUT2D eigenvalue weighted by atomic mass is 15.4. The lowest BCUT2D eigenvalue weighted by Crippen LogP contribution is -2.42. The topological polar surface area (TPSA) is 6.48 Å². The Morgan fingerprint density at radius 1 is 0.895 bits per heavy atom. The third-order valence-corrected chi connectivity index (χ3v) is 4.05. The summed E-state index contributed by atoms with van der Waals surface area (Å²) >= 11 is 0. The Morgan fingerprint density at radius 3 is 2.21 bits per heavy atom. The van der Waals surface area contributed by atoms with Crippen molar-refractivity contribution < 1.29 is 0 Å². The van der Waals surface area contributed by atoms with Gasteiger partial charge in [0.25, 0.3) is 0 Å². The predicted octanol–water partition coefficient (Wildman–Crippen LogP) is 4.97.